The minimum Gasteiger partial charge on any atom is -0.323 e. The Labute approximate surface area is 100 Å². The van der Waals surface area contributed by atoms with E-state index in [4.69, 9.17) is 0 Å². The molecule has 0 N–H and O–H groups in total. The van der Waals surface area contributed by atoms with Crippen molar-refractivity contribution in [2.24, 2.45) is 0 Å². The van der Waals surface area contributed by atoms with Crippen molar-refractivity contribution in [1.29, 1.82) is 0 Å². The molecule has 5 nitrogen and oxygen atoms in total. The molecule has 0 spiro atoms. The number of rotatable bonds is 5. The van der Waals surface area contributed by atoms with Gasteiger partial charge in [-0.1, -0.05) is 25.6 Å². The first-order valence-corrected chi connectivity index (χ1v) is 6.55. The molecular formula is C10H18N4OS. The standard InChI is InChI=1S/C10H18N4OS/c1-4-7-13(5-2)10(15)14-8-11-9(12-14)16-6-3/h8H,4-7H2,1-3H3. The number of amides is 1. The Morgan fingerprint density at radius 2 is 2.25 bits per heavy atom. The van der Waals surface area contributed by atoms with Gasteiger partial charge in [-0.25, -0.2) is 9.78 Å². The lowest BCUT2D eigenvalue weighted by molar-refractivity contribution is 0.198. The lowest BCUT2D eigenvalue weighted by Crippen LogP contribution is -2.35. The molecule has 0 fully saturated rings. The number of carbonyl (C=O) groups excluding carboxylic acids is 1. The van der Waals surface area contributed by atoms with Crippen LogP contribution in [-0.2, 0) is 0 Å². The Hall–Kier alpha value is -1.04. The quantitative estimate of drug-likeness (QED) is 0.742. The number of thioether (sulfide) groups is 1. The van der Waals surface area contributed by atoms with Crippen LogP contribution in [0.15, 0.2) is 11.5 Å². The van der Waals surface area contributed by atoms with Crippen LogP contribution in [0.3, 0.4) is 0 Å². The molecule has 0 saturated heterocycles. The van der Waals surface area contributed by atoms with Crippen molar-refractivity contribution in [3.63, 3.8) is 0 Å². The van der Waals surface area contributed by atoms with Crippen molar-refractivity contribution in [3.05, 3.63) is 6.33 Å². The zero-order valence-electron chi connectivity index (χ0n) is 10.0. The van der Waals surface area contributed by atoms with Crippen LogP contribution in [0.4, 0.5) is 4.79 Å². The summed E-state index contributed by atoms with van der Waals surface area (Å²) in [4.78, 5) is 17.8. The molecule has 0 saturated carbocycles. The second kappa shape index (κ2) is 6.52. The van der Waals surface area contributed by atoms with Gasteiger partial charge in [-0.2, -0.15) is 4.68 Å². The minimum absolute atomic E-state index is 0.0974. The zero-order chi connectivity index (χ0) is 12.0. The molecule has 6 heteroatoms. The average molecular weight is 242 g/mol. The molecule has 0 atom stereocenters. The highest BCUT2D eigenvalue weighted by molar-refractivity contribution is 7.99. The lowest BCUT2D eigenvalue weighted by Gasteiger charge is -2.18. The number of aromatic nitrogens is 3. The maximum absolute atomic E-state index is 12.0. The summed E-state index contributed by atoms with van der Waals surface area (Å²) in [5.41, 5.74) is 0. The topological polar surface area (TPSA) is 51.0 Å². The van der Waals surface area contributed by atoms with Crippen LogP contribution in [0, 0.1) is 0 Å². The van der Waals surface area contributed by atoms with E-state index < -0.39 is 0 Å². The van der Waals surface area contributed by atoms with E-state index in [0.29, 0.717) is 11.7 Å². The monoisotopic (exact) mass is 242 g/mol. The predicted octanol–water partition coefficient (Wildman–Crippen LogP) is 2.09. The zero-order valence-corrected chi connectivity index (χ0v) is 10.8. The Balaban J connectivity index is 2.70. The van der Waals surface area contributed by atoms with Gasteiger partial charge in [0.25, 0.3) is 0 Å². The van der Waals surface area contributed by atoms with Crippen LogP contribution >= 0.6 is 11.8 Å². The van der Waals surface area contributed by atoms with E-state index in [-0.39, 0.29) is 6.03 Å². The van der Waals surface area contributed by atoms with Crippen LogP contribution in [0.25, 0.3) is 0 Å². The van der Waals surface area contributed by atoms with Gasteiger partial charge in [-0.3, -0.25) is 0 Å². The Morgan fingerprint density at radius 1 is 1.50 bits per heavy atom. The van der Waals surface area contributed by atoms with E-state index in [1.54, 1.807) is 4.90 Å². The van der Waals surface area contributed by atoms with E-state index in [1.165, 1.54) is 22.8 Å². The Morgan fingerprint density at radius 3 is 2.81 bits per heavy atom. The van der Waals surface area contributed by atoms with Crippen molar-refractivity contribution in [2.75, 3.05) is 18.8 Å². The maximum Gasteiger partial charge on any atom is 0.346 e. The van der Waals surface area contributed by atoms with E-state index in [0.717, 1.165) is 18.7 Å². The highest BCUT2D eigenvalue weighted by Crippen LogP contribution is 2.10. The summed E-state index contributed by atoms with van der Waals surface area (Å²) in [7, 11) is 0. The molecule has 0 aliphatic rings. The van der Waals surface area contributed by atoms with E-state index in [1.807, 2.05) is 13.8 Å². The summed E-state index contributed by atoms with van der Waals surface area (Å²) in [5, 5.41) is 4.78. The van der Waals surface area contributed by atoms with Crippen molar-refractivity contribution >= 4 is 17.8 Å². The van der Waals surface area contributed by atoms with E-state index in [2.05, 4.69) is 17.0 Å². The third kappa shape index (κ3) is 3.23. The van der Waals surface area contributed by atoms with Crippen molar-refractivity contribution in [2.45, 2.75) is 32.3 Å². The summed E-state index contributed by atoms with van der Waals surface area (Å²) >= 11 is 1.53. The van der Waals surface area contributed by atoms with Crippen LogP contribution in [-0.4, -0.2) is 44.5 Å². The molecule has 1 aromatic heterocycles. The number of nitrogens with zero attached hydrogens (tertiary/aromatic N) is 4. The number of hydrogen-bond donors (Lipinski definition) is 0. The first kappa shape index (κ1) is 13.0. The number of hydrogen-bond acceptors (Lipinski definition) is 4. The van der Waals surface area contributed by atoms with Crippen molar-refractivity contribution < 1.29 is 4.79 Å². The van der Waals surface area contributed by atoms with Gasteiger partial charge >= 0.3 is 6.03 Å². The largest absolute Gasteiger partial charge is 0.346 e. The Bertz CT molecular complexity index is 339. The average Bonchev–Trinajstić information content (AvgIpc) is 2.74. The SMILES string of the molecule is CCCN(CC)C(=O)n1cnc(SCC)n1. The third-order valence-electron chi connectivity index (χ3n) is 2.09. The lowest BCUT2D eigenvalue weighted by atomic mass is 10.4. The third-order valence-corrected chi connectivity index (χ3v) is 2.82. The fourth-order valence-corrected chi connectivity index (χ4v) is 1.86. The van der Waals surface area contributed by atoms with Gasteiger partial charge in [0.2, 0.25) is 5.16 Å². The molecular weight excluding hydrogens is 224 g/mol. The van der Waals surface area contributed by atoms with Crippen molar-refractivity contribution in [3.8, 4) is 0 Å². The summed E-state index contributed by atoms with van der Waals surface area (Å²) in [6, 6.07) is -0.0974. The fourth-order valence-electron chi connectivity index (χ4n) is 1.34. The molecule has 0 bridgehead atoms. The Kier molecular flexibility index (Phi) is 5.31. The minimum atomic E-state index is -0.0974. The van der Waals surface area contributed by atoms with Crippen LogP contribution in [0.1, 0.15) is 27.2 Å². The summed E-state index contributed by atoms with van der Waals surface area (Å²) < 4.78 is 1.32. The fraction of sp³-hybridized carbons (Fsp3) is 0.700. The van der Waals surface area contributed by atoms with Gasteiger partial charge in [-0.15, -0.1) is 5.10 Å². The smallest absolute Gasteiger partial charge is 0.323 e. The molecule has 1 heterocycles. The highest BCUT2D eigenvalue weighted by Gasteiger charge is 2.14. The number of carbonyl (C=O) groups is 1. The van der Waals surface area contributed by atoms with Gasteiger partial charge in [0.1, 0.15) is 6.33 Å². The first-order chi connectivity index (χ1) is 7.72. The molecule has 0 aromatic carbocycles. The molecule has 90 valence electrons. The molecule has 1 rings (SSSR count). The van der Waals surface area contributed by atoms with Crippen LogP contribution < -0.4 is 0 Å². The first-order valence-electron chi connectivity index (χ1n) is 5.56. The van der Waals surface area contributed by atoms with Crippen molar-refractivity contribution in [1.82, 2.24) is 19.7 Å². The predicted molar refractivity (Wildman–Crippen MR) is 64.8 cm³/mol. The van der Waals surface area contributed by atoms with Crippen LogP contribution in [0.5, 0.6) is 0 Å². The van der Waals surface area contributed by atoms with Crippen LogP contribution in [0.2, 0.25) is 0 Å². The molecule has 1 amide bonds. The highest BCUT2D eigenvalue weighted by atomic mass is 32.2. The molecule has 0 unspecified atom stereocenters. The summed E-state index contributed by atoms with van der Waals surface area (Å²) in [5.74, 6) is 0.907. The molecule has 16 heavy (non-hydrogen) atoms. The molecule has 0 aliphatic carbocycles. The second-order valence-corrected chi connectivity index (χ2v) is 4.50. The summed E-state index contributed by atoms with van der Waals surface area (Å²) in [6.07, 6.45) is 2.43. The molecule has 0 aliphatic heterocycles. The second-order valence-electron chi connectivity index (χ2n) is 3.27. The van der Waals surface area contributed by atoms with Gasteiger partial charge in [0, 0.05) is 13.1 Å². The molecule has 0 radical (unpaired) electrons. The molecule has 1 aromatic rings. The maximum atomic E-state index is 12.0. The van der Waals surface area contributed by atoms with Gasteiger partial charge in [0.15, 0.2) is 0 Å². The van der Waals surface area contributed by atoms with E-state index in [9.17, 15) is 4.79 Å². The van der Waals surface area contributed by atoms with Gasteiger partial charge < -0.3 is 4.90 Å². The summed E-state index contributed by atoms with van der Waals surface area (Å²) in [6.45, 7) is 7.50. The van der Waals surface area contributed by atoms with Gasteiger partial charge in [0.05, 0.1) is 0 Å². The van der Waals surface area contributed by atoms with E-state index >= 15 is 0 Å². The van der Waals surface area contributed by atoms with Gasteiger partial charge in [-0.05, 0) is 19.1 Å². The normalized spacial score (nSPS) is 10.4.